The number of hydrogen-bond acceptors (Lipinski definition) is 7. The number of aromatic carboxylic acids is 1. The number of carbonyl (C=O) groups excluding carboxylic acids is 2. The lowest BCUT2D eigenvalue weighted by Crippen LogP contribution is -2.47. The van der Waals surface area contributed by atoms with Gasteiger partial charge in [-0.25, -0.2) is 9.59 Å². The highest BCUT2D eigenvalue weighted by atomic mass is 32.1. The Balaban J connectivity index is 1.23. The molecule has 0 bridgehead atoms. The van der Waals surface area contributed by atoms with Crippen molar-refractivity contribution >= 4 is 35.0 Å². The van der Waals surface area contributed by atoms with E-state index < -0.39 is 11.6 Å². The van der Waals surface area contributed by atoms with Crippen molar-refractivity contribution in [1.29, 1.82) is 0 Å². The standard InChI is InChI=1S/C41H57N3O6S/c1-27-8-10-29(11-9-27)37(45)44(35-26-34(16-20-40(2,3)4)51-36(35)38(46)47)31-12-14-32(15-13-31)49-33-17-21-42-30(25-33)24-28-18-22-43(23-19-28)39(48)50-41(5,6)7/h17,21,25-29,31-32H,8-15,18-19,22-24H2,1-7H3,(H,46,47). The second-order valence-electron chi connectivity index (χ2n) is 16.9. The second kappa shape index (κ2) is 16.4. The molecule has 2 aromatic rings. The number of piperidine rings is 1. The molecule has 2 aromatic heterocycles. The van der Waals surface area contributed by atoms with Gasteiger partial charge in [0.25, 0.3) is 0 Å². The number of carboxylic acid groups (broad SMARTS) is 1. The van der Waals surface area contributed by atoms with E-state index in [2.05, 4.69) is 23.7 Å². The first-order valence-electron chi connectivity index (χ1n) is 18.9. The van der Waals surface area contributed by atoms with Crippen molar-refractivity contribution in [1.82, 2.24) is 9.88 Å². The molecule has 3 fully saturated rings. The lowest BCUT2D eigenvalue weighted by Gasteiger charge is -2.39. The highest BCUT2D eigenvalue weighted by molar-refractivity contribution is 7.15. The maximum Gasteiger partial charge on any atom is 0.410 e. The Kier molecular flexibility index (Phi) is 12.4. The first-order valence-corrected chi connectivity index (χ1v) is 19.7. The summed E-state index contributed by atoms with van der Waals surface area (Å²) in [5.41, 5.74) is 0.757. The maximum atomic E-state index is 14.3. The average Bonchev–Trinajstić information content (AvgIpc) is 3.49. The smallest absolute Gasteiger partial charge is 0.410 e. The van der Waals surface area contributed by atoms with Crippen LogP contribution < -0.4 is 9.64 Å². The second-order valence-corrected chi connectivity index (χ2v) is 18.0. The number of pyridine rings is 1. The molecular formula is C41H57N3O6S. The van der Waals surface area contributed by atoms with Crippen molar-refractivity contribution in [3.63, 3.8) is 0 Å². The molecule has 2 saturated carbocycles. The van der Waals surface area contributed by atoms with Crippen molar-refractivity contribution in [2.45, 2.75) is 137 Å². The maximum absolute atomic E-state index is 14.3. The molecule has 0 spiro atoms. The summed E-state index contributed by atoms with van der Waals surface area (Å²) in [6, 6.07) is 5.67. The third-order valence-electron chi connectivity index (χ3n) is 10.2. The number of amides is 2. The van der Waals surface area contributed by atoms with Crippen LogP contribution in [0.25, 0.3) is 0 Å². The summed E-state index contributed by atoms with van der Waals surface area (Å²) in [7, 11) is 0. The molecule has 0 atom stereocenters. The van der Waals surface area contributed by atoms with Crippen LogP contribution in [0.1, 0.15) is 133 Å². The molecule has 0 radical (unpaired) electrons. The summed E-state index contributed by atoms with van der Waals surface area (Å²) >= 11 is 1.16. The molecule has 3 aliphatic rings. The Morgan fingerprint density at radius 3 is 2.24 bits per heavy atom. The predicted octanol–water partition coefficient (Wildman–Crippen LogP) is 8.98. The van der Waals surface area contributed by atoms with Crippen molar-refractivity contribution in [2.75, 3.05) is 18.0 Å². The third-order valence-corrected chi connectivity index (χ3v) is 11.2. The number of carbonyl (C=O) groups is 3. The molecule has 10 heteroatoms. The van der Waals surface area contributed by atoms with Crippen LogP contribution in [-0.4, -0.2) is 63.8 Å². The molecule has 2 amide bonds. The minimum atomic E-state index is -1.02. The van der Waals surface area contributed by atoms with Gasteiger partial charge in [-0.3, -0.25) is 9.78 Å². The molecule has 1 N–H and O–H groups in total. The van der Waals surface area contributed by atoms with Gasteiger partial charge in [-0.1, -0.05) is 18.8 Å². The zero-order chi connectivity index (χ0) is 36.9. The van der Waals surface area contributed by atoms with Crippen molar-refractivity contribution in [2.24, 2.45) is 23.2 Å². The van der Waals surface area contributed by atoms with Crippen LogP contribution in [0.4, 0.5) is 10.5 Å². The van der Waals surface area contributed by atoms with Crippen molar-refractivity contribution < 1.29 is 29.0 Å². The molecule has 1 aliphatic heterocycles. The van der Waals surface area contributed by atoms with Crippen LogP contribution in [0.3, 0.4) is 0 Å². The summed E-state index contributed by atoms with van der Waals surface area (Å²) in [5, 5.41) is 10.3. The Morgan fingerprint density at radius 2 is 1.63 bits per heavy atom. The molecule has 278 valence electrons. The van der Waals surface area contributed by atoms with Gasteiger partial charge in [0, 0.05) is 48.4 Å². The number of aromatic nitrogens is 1. The van der Waals surface area contributed by atoms with E-state index in [0.29, 0.717) is 35.5 Å². The van der Waals surface area contributed by atoms with Crippen LogP contribution in [0.15, 0.2) is 24.4 Å². The quantitative estimate of drug-likeness (QED) is 0.271. The normalized spacial score (nSPS) is 23.2. The zero-order valence-electron chi connectivity index (χ0n) is 31.6. The first-order chi connectivity index (χ1) is 24.0. The molecule has 0 unspecified atom stereocenters. The number of nitrogens with zero attached hydrogens (tertiary/aromatic N) is 3. The van der Waals surface area contributed by atoms with Crippen LogP contribution in [-0.2, 0) is 16.0 Å². The van der Waals surface area contributed by atoms with Crippen LogP contribution >= 0.6 is 11.3 Å². The number of rotatable bonds is 8. The van der Waals surface area contributed by atoms with Gasteiger partial charge in [0.15, 0.2) is 0 Å². The van der Waals surface area contributed by atoms with Gasteiger partial charge >= 0.3 is 12.1 Å². The molecule has 0 aromatic carbocycles. The SMILES string of the molecule is CC1CCC(C(=O)N(c2cc(C#CC(C)(C)C)sc2C(=O)O)C2CCC(Oc3ccnc(CC4CCN(C(=O)OC(C)(C)C)CC4)c3)CC2)CC1. The molecule has 5 rings (SSSR count). The van der Waals surface area contributed by atoms with E-state index in [1.165, 1.54) is 0 Å². The van der Waals surface area contributed by atoms with E-state index in [0.717, 1.165) is 93.4 Å². The van der Waals surface area contributed by atoms with Gasteiger partial charge in [-0.05, 0) is 136 Å². The van der Waals surface area contributed by atoms with E-state index in [-0.39, 0.29) is 40.4 Å². The molecule has 9 nitrogen and oxygen atoms in total. The van der Waals surface area contributed by atoms with Crippen LogP contribution in [0.2, 0.25) is 0 Å². The lowest BCUT2D eigenvalue weighted by molar-refractivity contribution is -0.124. The van der Waals surface area contributed by atoms with Crippen LogP contribution in [0.5, 0.6) is 5.75 Å². The fourth-order valence-electron chi connectivity index (χ4n) is 7.42. The fourth-order valence-corrected chi connectivity index (χ4v) is 8.26. The number of anilines is 1. The van der Waals surface area contributed by atoms with Gasteiger partial charge in [0.2, 0.25) is 5.91 Å². The van der Waals surface area contributed by atoms with Gasteiger partial charge in [-0.2, -0.15) is 0 Å². The summed E-state index contributed by atoms with van der Waals surface area (Å²) in [5.74, 6) is 7.19. The predicted molar refractivity (Wildman–Crippen MR) is 201 cm³/mol. The Bertz CT molecular complexity index is 1590. The number of ether oxygens (including phenoxy) is 2. The number of hydrogen-bond donors (Lipinski definition) is 1. The van der Waals surface area contributed by atoms with Gasteiger partial charge in [0.05, 0.1) is 16.7 Å². The Labute approximate surface area is 308 Å². The monoisotopic (exact) mass is 719 g/mol. The van der Waals surface area contributed by atoms with Crippen LogP contribution in [0, 0.1) is 35.0 Å². The average molecular weight is 720 g/mol. The van der Waals surface area contributed by atoms with Gasteiger partial charge < -0.3 is 24.4 Å². The first kappa shape index (κ1) is 38.6. The van der Waals surface area contributed by atoms with Gasteiger partial charge in [0.1, 0.15) is 16.2 Å². The van der Waals surface area contributed by atoms with E-state index in [1.54, 1.807) is 4.90 Å². The Morgan fingerprint density at radius 1 is 0.961 bits per heavy atom. The zero-order valence-corrected chi connectivity index (χ0v) is 32.4. The summed E-state index contributed by atoms with van der Waals surface area (Å²) in [6.07, 6.45) is 10.9. The topological polar surface area (TPSA) is 109 Å². The largest absolute Gasteiger partial charge is 0.490 e. The molecule has 1 saturated heterocycles. The molecular weight excluding hydrogens is 663 g/mol. The highest BCUT2D eigenvalue weighted by Crippen LogP contribution is 2.39. The highest BCUT2D eigenvalue weighted by Gasteiger charge is 2.38. The fraction of sp³-hybridized carbons (Fsp3) is 0.659. The Hall–Kier alpha value is -3.58. The number of likely N-dealkylation sites (tertiary alicyclic amines) is 1. The number of carboxylic acids is 1. The summed E-state index contributed by atoms with van der Waals surface area (Å²) in [6.45, 7) is 15.4. The van der Waals surface area contributed by atoms with Crippen molar-refractivity contribution in [3.8, 4) is 17.6 Å². The van der Waals surface area contributed by atoms with E-state index in [4.69, 9.17) is 9.47 Å². The van der Waals surface area contributed by atoms with E-state index in [9.17, 15) is 19.5 Å². The summed E-state index contributed by atoms with van der Waals surface area (Å²) < 4.78 is 12.1. The summed E-state index contributed by atoms with van der Waals surface area (Å²) in [4.78, 5) is 48.5. The minimum absolute atomic E-state index is 0.00400. The molecule has 3 heterocycles. The van der Waals surface area contributed by atoms with Gasteiger partial charge in [-0.15, -0.1) is 11.3 Å². The lowest BCUT2D eigenvalue weighted by atomic mass is 9.81. The van der Waals surface area contributed by atoms with E-state index >= 15 is 0 Å². The van der Waals surface area contributed by atoms with Crippen molar-refractivity contribution in [3.05, 3.63) is 39.8 Å². The number of thiophene rings is 1. The third kappa shape index (κ3) is 11.0. The minimum Gasteiger partial charge on any atom is -0.490 e. The molecule has 51 heavy (non-hydrogen) atoms. The molecule has 2 aliphatic carbocycles. The van der Waals surface area contributed by atoms with E-state index in [1.807, 2.05) is 70.8 Å².